The molecule has 0 radical (unpaired) electrons. The van der Waals surface area contributed by atoms with E-state index in [1.165, 1.54) is 4.68 Å². The predicted octanol–water partition coefficient (Wildman–Crippen LogP) is 4.81. The van der Waals surface area contributed by atoms with Crippen LogP contribution in [-0.2, 0) is 9.59 Å². The molecule has 0 aliphatic heterocycles. The average molecular weight is 526 g/mol. The van der Waals surface area contributed by atoms with Gasteiger partial charge in [-0.15, -0.1) is 0 Å². The molecule has 3 rings (SSSR count). The topological polar surface area (TPSA) is 92.2 Å². The van der Waals surface area contributed by atoms with Gasteiger partial charge in [0.05, 0.1) is 5.52 Å². The van der Waals surface area contributed by atoms with E-state index in [1.54, 1.807) is 42.5 Å². The van der Waals surface area contributed by atoms with Gasteiger partial charge in [0.2, 0.25) is 0 Å². The number of amides is 3. The van der Waals surface area contributed by atoms with Crippen LogP contribution in [0.5, 0.6) is 0 Å². The van der Waals surface area contributed by atoms with Crippen LogP contribution in [0.2, 0.25) is 10.0 Å². The molecule has 1 heterocycles. The van der Waals surface area contributed by atoms with Crippen molar-refractivity contribution in [1.82, 2.24) is 9.99 Å². The second-order valence-corrected chi connectivity index (χ2v) is 9.01. The highest BCUT2D eigenvalue weighted by Gasteiger charge is 2.21. The summed E-state index contributed by atoms with van der Waals surface area (Å²) in [6.07, 6.45) is 0. The maximum Gasteiger partial charge on any atom is 0.328 e. The zero-order valence-corrected chi connectivity index (χ0v) is 19.7. The Labute approximate surface area is 197 Å². The molecule has 2 aromatic carbocycles. The molecule has 0 saturated heterocycles. The van der Waals surface area contributed by atoms with E-state index in [-0.39, 0.29) is 11.6 Å². The molecule has 0 atom stereocenters. The zero-order chi connectivity index (χ0) is 22.7. The molecule has 1 aromatic heterocycles. The standard InChI is InChI=1S/C21H19BrCl2N4O3/c1-11(2)10-25-20(30)21(31)27-28-17-4-3-13(22)5-12(17)6-18(28)19(29)26-16-8-14(23)7-15(24)9-16/h3-9,11H,10H2,1-2H3,(H,25,30)(H,26,29)(H,27,31). The van der Waals surface area contributed by atoms with Crippen molar-refractivity contribution in [3.63, 3.8) is 0 Å². The highest BCUT2D eigenvalue weighted by atomic mass is 79.9. The van der Waals surface area contributed by atoms with Crippen LogP contribution in [0.3, 0.4) is 0 Å². The Morgan fingerprint density at radius 1 is 1.00 bits per heavy atom. The SMILES string of the molecule is CC(C)CNC(=O)C(=O)Nn1c(C(=O)Nc2cc(Cl)cc(Cl)c2)cc2cc(Br)ccc21. The fourth-order valence-corrected chi connectivity index (χ4v) is 3.73. The lowest BCUT2D eigenvalue weighted by Crippen LogP contribution is -2.41. The van der Waals surface area contributed by atoms with Crippen LogP contribution < -0.4 is 16.1 Å². The normalized spacial score (nSPS) is 10.9. The first-order valence-electron chi connectivity index (χ1n) is 9.31. The highest BCUT2D eigenvalue weighted by molar-refractivity contribution is 9.10. The van der Waals surface area contributed by atoms with Crippen LogP contribution in [0.4, 0.5) is 5.69 Å². The van der Waals surface area contributed by atoms with E-state index in [1.807, 2.05) is 13.8 Å². The summed E-state index contributed by atoms with van der Waals surface area (Å²) in [6, 6.07) is 11.5. The number of hydrogen-bond acceptors (Lipinski definition) is 3. The number of nitrogens with one attached hydrogen (secondary N) is 3. The smallest absolute Gasteiger partial charge is 0.328 e. The van der Waals surface area contributed by atoms with Crippen LogP contribution >= 0.6 is 39.1 Å². The number of nitrogens with zero attached hydrogens (tertiary/aromatic N) is 1. The van der Waals surface area contributed by atoms with Crippen LogP contribution in [-0.4, -0.2) is 28.9 Å². The molecular formula is C21H19BrCl2N4O3. The molecule has 162 valence electrons. The van der Waals surface area contributed by atoms with Crippen LogP contribution in [0.25, 0.3) is 10.9 Å². The Morgan fingerprint density at radius 2 is 1.68 bits per heavy atom. The minimum absolute atomic E-state index is 0.120. The van der Waals surface area contributed by atoms with Crippen molar-refractivity contribution in [3.05, 3.63) is 62.7 Å². The summed E-state index contributed by atoms with van der Waals surface area (Å²) in [5.74, 6) is -2.01. The molecule has 0 spiro atoms. The fraction of sp³-hybridized carbons (Fsp3) is 0.190. The lowest BCUT2D eigenvalue weighted by atomic mass is 10.2. The Balaban J connectivity index is 1.94. The van der Waals surface area contributed by atoms with E-state index in [0.717, 1.165) is 4.47 Å². The summed E-state index contributed by atoms with van der Waals surface area (Å²) in [5.41, 5.74) is 3.56. The van der Waals surface area contributed by atoms with Crippen molar-refractivity contribution in [2.45, 2.75) is 13.8 Å². The van der Waals surface area contributed by atoms with Crippen LogP contribution in [0.1, 0.15) is 24.3 Å². The third-order valence-electron chi connectivity index (χ3n) is 4.21. The van der Waals surface area contributed by atoms with Crippen molar-refractivity contribution < 1.29 is 14.4 Å². The Hall–Kier alpha value is -2.55. The number of anilines is 1. The first-order chi connectivity index (χ1) is 14.6. The van der Waals surface area contributed by atoms with Gasteiger partial charge >= 0.3 is 11.8 Å². The molecule has 7 nitrogen and oxygen atoms in total. The Kier molecular flexibility index (Phi) is 7.25. The van der Waals surface area contributed by atoms with E-state index in [0.29, 0.717) is 33.2 Å². The highest BCUT2D eigenvalue weighted by Crippen LogP contribution is 2.26. The van der Waals surface area contributed by atoms with Gasteiger partial charge in [-0.1, -0.05) is 53.0 Å². The number of rotatable bonds is 5. The summed E-state index contributed by atoms with van der Waals surface area (Å²) >= 11 is 15.4. The molecule has 0 aliphatic carbocycles. The lowest BCUT2D eigenvalue weighted by Gasteiger charge is -2.13. The molecule has 0 unspecified atom stereocenters. The van der Waals surface area contributed by atoms with E-state index in [4.69, 9.17) is 23.2 Å². The number of benzene rings is 2. The number of aromatic nitrogens is 1. The summed E-state index contributed by atoms with van der Waals surface area (Å²) in [4.78, 5) is 37.6. The van der Waals surface area contributed by atoms with Gasteiger partial charge in [-0.25, -0.2) is 4.68 Å². The number of carbonyl (C=O) groups excluding carboxylic acids is 3. The molecular weight excluding hydrogens is 507 g/mol. The van der Waals surface area contributed by atoms with E-state index in [9.17, 15) is 14.4 Å². The van der Waals surface area contributed by atoms with Gasteiger partial charge in [0.15, 0.2) is 0 Å². The summed E-state index contributed by atoms with van der Waals surface area (Å²) in [6.45, 7) is 4.19. The van der Waals surface area contributed by atoms with E-state index < -0.39 is 17.7 Å². The van der Waals surface area contributed by atoms with Crippen LogP contribution in [0, 0.1) is 5.92 Å². The number of hydrogen-bond donors (Lipinski definition) is 3. The van der Waals surface area contributed by atoms with Gasteiger partial charge in [-0.3, -0.25) is 19.8 Å². The van der Waals surface area contributed by atoms with Gasteiger partial charge in [0, 0.05) is 32.1 Å². The van der Waals surface area contributed by atoms with E-state index >= 15 is 0 Å². The molecule has 0 aliphatic rings. The maximum atomic E-state index is 13.0. The predicted molar refractivity (Wildman–Crippen MR) is 126 cm³/mol. The molecule has 3 amide bonds. The molecule has 31 heavy (non-hydrogen) atoms. The second-order valence-electron chi connectivity index (χ2n) is 7.23. The number of carbonyl (C=O) groups is 3. The molecule has 0 fully saturated rings. The first kappa shape index (κ1) is 23.1. The minimum atomic E-state index is -0.888. The quantitative estimate of drug-likeness (QED) is 0.417. The van der Waals surface area contributed by atoms with Crippen molar-refractivity contribution in [2.75, 3.05) is 17.3 Å². The van der Waals surface area contributed by atoms with Crippen molar-refractivity contribution in [1.29, 1.82) is 0 Å². The van der Waals surface area contributed by atoms with Gasteiger partial charge in [0.25, 0.3) is 5.91 Å². The summed E-state index contributed by atoms with van der Waals surface area (Å²) in [5, 5.41) is 6.67. The van der Waals surface area contributed by atoms with Gasteiger partial charge < -0.3 is 10.6 Å². The van der Waals surface area contributed by atoms with Gasteiger partial charge in [-0.05, 0) is 48.4 Å². The summed E-state index contributed by atoms with van der Waals surface area (Å²) < 4.78 is 2.08. The third kappa shape index (κ3) is 5.78. The average Bonchev–Trinajstić information content (AvgIpc) is 3.02. The maximum absolute atomic E-state index is 13.0. The Bertz CT molecular complexity index is 1160. The molecule has 0 saturated carbocycles. The number of fused-ring (bicyclic) bond motifs is 1. The molecule has 3 aromatic rings. The van der Waals surface area contributed by atoms with Crippen molar-refractivity contribution in [2.24, 2.45) is 5.92 Å². The summed E-state index contributed by atoms with van der Waals surface area (Å²) in [7, 11) is 0. The van der Waals surface area contributed by atoms with Crippen molar-refractivity contribution >= 4 is 73.4 Å². The van der Waals surface area contributed by atoms with E-state index in [2.05, 4.69) is 32.0 Å². The largest absolute Gasteiger partial charge is 0.348 e. The minimum Gasteiger partial charge on any atom is -0.348 e. The van der Waals surface area contributed by atoms with Gasteiger partial charge in [0.1, 0.15) is 5.69 Å². The fourth-order valence-electron chi connectivity index (χ4n) is 2.82. The molecule has 0 bridgehead atoms. The van der Waals surface area contributed by atoms with Crippen molar-refractivity contribution in [3.8, 4) is 0 Å². The third-order valence-corrected chi connectivity index (χ3v) is 5.14. The molecule has 10 heteroatoms. The lowest BCUT2D eigenvalue weighted by molar-refractivity contribution is -0.136. The van der Waals surface area contributed by atoms with Crippen LogP contribution in [0.15, 0.2) is 46.9 Å². The monoisotopic (exact) mass is 524 g/mol. The second kappa shape index (κ2) is 9.72. The van der Waals surface area contributed by atoms with Gasteiger partial charge in [-0.2, -0.15) is 0 Å². The molecule has 3 N–H and O–H groups in total. The first-order valence-corrected chi connectivity index (χ1v) is 10.9. The Morgan fingerprint density at radius 3 is 2.32 bits per heavy atom. The number of halogens is 3. The zero-order valence-electron chi connectivity index (χ0n) is 16.6.